The average Bonchev–Trinajstić information content (AvgIpc) is 3.39. The molecule has 0 aliphatic heterocycles. The zero-order valence-electron chi connectivity index (χ0n) is 13.3. The molecule has 1 aliphatic carbocycles. The molecule has 2 amide bonds. The summed E-state index contributed by atoms with van der Waals surface area (Å²) in [5.41, 5.74) is 1.87. The Bertz CT molecular complexity index is 745. The van der Waals surface area contributed by atoms with Crippen molar-refractivity contribution in [2.24, 2.45) is 5.92 Å². The number of rotatable bonds is 6. The van der Waals surface area contributed by atoms with Gasteiger partial charge in [0, 0.05) is 11.6 Å². The lowest BCUT2D eigenvalue weighted by Gasteiger charge is -2.06. The first-order valence-electron chi connectivity index (χ1n) is 7.74. The Kier molecular flexibility index (Phi) is 5.10. The smallest absolute Gasteiger partial charge is 0.234 e. The summed E-state index contributed by atoms with van der Waals surface area (Å²) in [6.45, 7) is 1.98. The Labute approximate surface area is 144 Å². The van der Waals surface area contributed by atoms with Gasteiger partial charge in [-0.05, 0) is 49.6 Å². The van der Waals surface area contributed by atoms with E-state index in [1.54, 1.807) is 12.1 Å². The molecule has 2 N–H and O–H groups in total. The Morgan fingerprint density at radius 2 is 2.00 bits per heavy atom. The third-order valence-corrected chi connectivity index (χ3v) is 4.41. The highest BCUT2D eigenvalue weighted by Gasteiger charge is 2.29. The summed E-state index contributed by atoms with van der Waals surface area (Å²) < 4.78 is 0. The number of aryl methyl sites for hydroxylation is 1. The van der Waals surface area contributed by atoms with Crippen molar-refractivity contribution >= 4 is 35.1 Å². The Hall–Kier alpha value is -2.41. The molecule has 3 rings (SSSR count). The van der Waals surface area contributed by atoms with Crippen LogP contribution in [-0.4, -0.2) is 27.8 Å². The largest absolute Gasteiger partial charge is 0.325 e. The van der Waals surface area contributed by atoms with Crippen LogP contribution in [0.25, 0.3) is 0 Å². The van der Waals surface area contributed by atoms with Gasteiger partial charge in [0.05, 0.1) is 5.75 Å². The van der Waals surface area contributed by atoms with Crippen molar-refractivity contribution in [3.05, 3.63) is 42.0 Å². The number of nitrogens with zero attached hydrogens (tertiary/aromatic N) is 2. The van der Waals surface area contributed by atoms with Crippen LogP contribution in [0.1, 0.15) is 18.4 Å². The van der Waals surface area contributed by atoms with Gasteiger partial charge in [-0.2, -0.15) is 0 Å². The molecular weight excluding hydrogens is 324 g/mol. The number of thioether (sulfide) groups is 1. The third-order valence-electron chi connectivity index (χ3n) is 3.49. The monoisotopic (exact) mass is 342 g/mol. The summed E-state index contributed by atoms with van der Waals surface area (Å²) in [6.07, 6.45) is 1.90. The van der Waals surface area contributed by atoms with Gasteiger partial charge < -0.3 is 10.6 Å². The van der Waals surface area contributed by atoms with E-state index < -0.39 is 0 Å². The molecule has 124 valence electrons. The number of aromatic nitrogens is 2. The fraction of sp³-hybridized carbons (Fsp3) is 0.294. The predicted molar refractivity (Wildman–Crippen MR) is 93.9 cm³/mol. The number of nitrogens with one attached hydrogen (secondary N) is 2. The first-order chi connectivity index (χ1) is 11.6. The molecule has 0 spiro atoms. The van der Waals surface area contributed by atoms with Crippen LogP contribution < -0.4 is 10.6 Å². The van der Waals surface area contributed by atoms with Crippen molar-refractivity contribution in [3.63, 3.8) is 0 Å². The number of carbonyl (C=O) groups is 2. The molecule has 1 aromatic heterocycles. The van der Waals surface area contributed by atoms with E-state index in [2.05, 4.69) is 20.8 Å². The minimum Gasteiger partial charge on any atom is -0.325 e. The molecule has 1 aromatic carbocycles. The number of hydrogen-bond donors (Lipinski definition) is 2. The number of benzene rings is 1. The highest BCUT2D eigenvalue weighted by molar-refractivity contribution is 7.99. The van der Waals surface area contributed by atoms with E-state index in [0.717, 1.165) is 24.1 Å². The van der Waals surface area contributed by atoms with Crippen LogP contribution in [-0.2, 0) is 9.59 Å². The topological polar surface area (TPSA) is 84.0 Å². The van der Waals surface area contributed by atoms with Crippen LogP contribution in [0.2, 0.25) is 0 Å². The molecule has 1 saturated carbocycles. The van der Waals surface area contributed by atoms with Crippen molar-refractivity contribution in [2.45, 2.75) is 24.8 Å². The average molecular weight is 342 g/mol. The van der Waals surface area contributed by atoms with Gasteiger partial charge in [-0.15, -0.1) is 10.2 Å². The van der Waals surface area contributed by atoms with Crippen LogP contribution in [0.4, 0.5) is 11.5 Å². The van der Waals surface area contributed by atoms with Crippen LogP contribution in [0.3, 0.4) is 0 Å². The van der Waals surface area contributed by atoms with Crippen LogP contribution >= 0.6 is 11.8 Å². The standard InChI is InChI=1S/C17H18N4O2S/c1-11-3-2-4-13(9-11)18-15(22)10-24-16-8-7-14(20-21-16)19-17(23)12-5-6-12/h2-4,7-9,12H,5-6,10H2,1H3,(H,18,22)(H,19,20,23). The normalized spacial score (nSPS) is 13.4. The molecular formula is C17H18N4O2S. The minimum atomic E-state index is -0.0986. The molecule has 7 heteroatoms. The second-order valence-corrected chi connectivity index (χ2v) is 6.72. The first kappa shape index (κ1) is 16.4. The lowest BCUT2D eigenvalue weighted by Crippen LogP contribution is -2.15. The van der Waals surface area contributed by atoms with Crippen molar-refractivity contribution in [3.8, 4) is 0 Å². The van der Waals surface area contributed by atoms with Gasteiger partial charge in [0.1, 0.15) is 5.03 Å². The molecule has 1 aliphatic rings. The molecule has 0 bridgehead atoms. The Morgan fingerprint density at radius 1 is 1.17 bits per heavy atom. The maximum Gasteiger partial charge on any atom is 0.234 e. The van der Waals surface area contributed by atoms with E-state index in [1.807, 2.05) is 31.2 Å². The van der Waals surface area contributed by atoms with E-state index in [4.69, 9.17) is 0 Å². The van der Waals surface area contributed by atoms with Gasteiger partial charge in [0.25, 0.3) is 0 Å². The molecule has 0 radical (unpaired) electrons. The maximum absolute atomic E-state index is 12.0. The maximum atomic E-state index is 12.0. The van der Waals surface area contributed by atoms with E-state index in [9.17, 15) is 9.59 Å². The van der Waals surface area contributed by atoms with Crippen molar-refractivity contribution in [1.29, 1.82) is 0 Å². The predicted octanol–water partition coefficient (Wildman–Crippen LogP) is 2.86. The van der Waals surface area contributed by atoms with Gasteiger partial charge in [0.15, 0.2) is 5.82 Å². The molecule has 0 saturated heterocycles. The molecule has 24 heavy (non-hydrogen) atoms. The lowest BCUT2D eigenvalue weighted by molar-refractivity contribution is -0.117. The summed E-state index contributed by atoms with van der Waals surface area (Å²) in [6, 6.07) is 11.1. The Balaban J connectivity index is 1.47. The van der Waals surface area contributed by atoms with Crippen LogP contribution in [0, 0.1) is 12.8 Å². The van der Waals surface area contributed by atoms with Gasteiger partial charge in [-0.25, -0.2) is 0 Å². The fourth-order valence-corrected chi connectivity index (χ4v) is 2.71. The second kappa shape index (κ2) is 7.44. The van der Waals surface area contributed by atoms with Gasteiger partial charge in [0.2, 0.25) is 11.8 Å². The number of anilines is 2. The third kappa shape index (κ3) is 4.79. The van der Waals surface area contributed by atoms with Gasteiger partial charge in [-0.3, -0.25) is 9.59 Å². The molecule has 0 unspecified atom stereocenters. The lowest BCUT2D eigenvalue weighted by atomic mass is 10.2. The van der Waals surface area contributed by atoms with Crippen LogP contribution in [0.5, 0.6) is 0 Å². The number of hydrogen-bond acceptors (Lipinski definition) is 5. The zero-order valence-corrected chi connectivity index (χ0v) is 14.1. The molecule has 2 aromatic rings. The quantitative estimate of drug-likeness (QED) is 0.789. The zero-order chi connectivity index (χ0) is 16.9. The number of carbonyl (C=O) groups excluding carboxylic acids is 2. The molecule has 0 atom stereocenters. The van der Waals surface area contributed by atoms with Crippen molar-refractivity contribution in [2.75, 3.05) is 16.4 Å². The summed E-state index contributed by atoms with van der Waals surface area (Å²) >= 11 is 1.30. The summed E-state index contributed by atoms with van der Waals surface area (Å²) in [7, 11) is 0. The summed E-state index contributed by atoms with van der Waals surface area (Å²) in [4.78, 5) is 23.6. The first-order valence-corrected chi connectivity index (χ1v) is 8.72. The SMILES string of the molecule is Cc1cccc(NC(=O)CSc2ccc(NC(=O)C3CC3)nn2)c1. The van der Waals surface area contributed by atoms with E-state index in [1.165, 1.54) is 11.8 Å². The molecule has 1 heterocycles. The summed E-state index contributed by atoms with van der Waals surface area (Å²) in [5.74, 6) is 0.725. The Morgan fingerprint density at radius 3 is 2.67 bits per heavy atom. The van der Waals surface area contributed by atoms with Crippen LogP contribution in [0.15, 0.2) is 41.4 Å². The number of amides is 2. The van der Waals surface area contributed by atoms with E-state index >= 15 is 0 Å². The fourth-order valence-electron chi connectivity index (χ4n) is 2.10. The van der Waals surface area contributed by atoms with Gasteiger partial charge in [-0.1, -0.05) is 23.9 Å². The van der Waals surface area contributed by atoms with Crippen molar-refractivity contribution in [1.82, 2.24) is 10.2 Å². The van der Waals surface area contributed by atoms with E-state index in [-0.39, 0.29) is 23.5 Å². The second-order valence-electron chi connectivity index (χ2n) is 5.73. The highest BCUT2D eigenvalue weighted by atomic mass is 32.2. The summed E-state index contributed by atoms with van der Waals surface area (Å²) in [5, 5.41) is 14.2. The highest BCUT2D eigenvalue weighted by Crippen LogP contribution is 2.29. The van der Waals surface area contributed by atoms with Gasteiger partial charge >= 0.3 is 0 Å². The minimum absolute atomic E-state index is 0.00207. The molecule has 1 fully saturated rings. The van der Waals surface area contributed by atoms with Crippen molar-refractivity contribution < 1.29 is 9.59 Å². The molecule has 6 nitrogen and oxygen atoms in total. The van der Waals surface area contributed by atoms with E-state index in [0.29, 0.717) is 10.8 Å².